The molecular formula is C27H27N3O5. The van der Waals surface area contributed by atoms with Crippen molar-refractivity contribution in [1.29, 1.82) is 0 Å². The van der Waals surface area contributed by atoms with Crippen LogP contribution in [0.4, 0.5) is 4.79 Å². The minimum Gasteiger partial charge on any atom is -0.481 e. The third kappa shape index (κ3) is 5.16. The Balaban J connectivity index is 1.44. The van der Waals surface area contributed by atoms with E-state index < -0.39 is 30.4 Å². The van der Waals surface area contributed by atoms with Gasteiger partial charge in [-0.1, -0.05) is 48.5 Å². The number of amides is 2. The van der Waals surface area contributed by atoms with Gasteiger partial charge < -0.3 is 20.1 Å². The summed E-state index contributed by atoms with van der Waals surface area (Å²) in [5.41, 5.74) is 5.16. The number of carbonyl (C=O) groups excluding carboxylic acids is 2. The zero-order chi connectivity index (χ0) is 24.9. The molecule has 0 fully saturated rings. The molecule has 2 atom stereocenters. The molecule has 8 nitrogen and oxygen atoms in total. The van der Waals surface area contributed by atoms with Gasteiger partial charge in [-0.05, 0) is 46.9 Å². The number of carboxylic acid groups (broad SMARTS) is 1. The van der Waals surface area contributed by atoms with Crippen molar-refractivity contribution in [3.05, 3.63) is 89.7 Å². The second-order valence-corrected chi connectivity index (χ2v) is 8.53. The van der Waals surface area contributed by atoms with Gasteiger partial charge in [-0.2, -0.15) is 0 Å². The first-order valence-corrected chi connectivity index (χ1v) is 11.4. The van der Waals surface area contributed by atoms with Crippen LogP contribution in [0.2, 0.25) is 0 Å². The molecule has 2 N–H and O–H groups in total. The van der Waals surface area contributed by atoms with Crippen molar-refractivity contribution >= 4 is 18.0 Å². The van der Waals surface area contributed by atoms with Crippen LogP contribution < -0.4 is 5.32 Å². The van der Waals surface area contributed by atoms with E-state index >= 15 is 0 Å². The Morgan fingerprint density at radius 2 is 1.57 bits per heavy atom. The molecule has 8 heteroatoms. The van der Waals surface area contributed by atoms with Crippen LogP contribution in [0.15, 0.2) is 73.1 Å². The number of hydrogen-bond acceptors (Lipinski definition) is 5. The molecule has 0 saturated carbocycles. The van der Waals surface area contributed by atoms with E-state index in [1.807, 2.05) is 55.5 Å². The van der Waals surface area contributed by atoms with Gasteiger partial charge in [0.25, 0.3) is 0 Å². The lowest BCUT2D eigenvalue weighted by molar-refractivity contribution is -0.142. The highest BCUT2D eigenvalue weighted by molar-refractivity contribution is 5.89. The summed E-state index contributed by atoms with van der Waals surface area (Å²) in [6.07, 6.45) is 1.84. The fourth-order valence-electron chi connectivity index (χ4n) is 4.46. The summed E-state index contributed by atoms with van der Waals surface area (Å²) >= 11 is 0. The molecular weight excluding hydrogens is 446 g/mol. The quantitative estimate of drug-likeness (QED) is 0.512. The Morgan fingerprint density at radius 1 is 1.00 bits per heavy atom. The van der Waals surface area contributed by atoms with Crippen molar-refractivity contribution in [3.8, 4) is 11.1 Å². The van der Waals surface area contributed by atoms with E-state index in [1.54, 1.807) is 31.6 Å². The first-order chi connectivity index (χ1) is 16.9. The van der Waals surface area contributed by atoms with Gasteiger partial charge in [0.1, 0.15) is 12.6 Å². The molecule has 0 bridgehead atoms. The molecule has 35 heavy (non-hydrogen) atoms. The molecule has 1 heterocycles. The number of benzene rings is 2. The highest BCUT2D eigenvalue weighted by atomic mass is 16.5. The van der Waals surface area contributed by atoms with Gasteiger partial charge in [0.2, 0.25) is 5.91 Å². The fraction of sp³-hybridized carbons (Fsp3) is 0.259. The molecule has 4 rings (SSSR count). The Kier molecular flexibility index (Phi) is 7.10. The summed E-state index contributed by atoms with van der Waals surface area (Å²) in [6, 6.07) is 17.9. The van der Waals surface area contributed by atoms with E-state index in [4.69, 9.17) is 4.74 Å². The molecule has 2 amide bonds. The Hall–Kier alpha value is -4.20. The number of carbonyl (C=O) groups is 3. The maximum absolute atomic E-state index is 13.1. The van der Waals surface area contributed by atoms with Crippen molar-refractivity contribution in [2.24, 2.45) is 0 Å². The maximum Gasteiger partial charge on any atom is 0.407 e. The van der Waals surface area contributed by atoms with Crippen LogP contribution in [0.1, 0.15) is 42.0 Å². The number of rotatable bonds is 8. The van der Waals surface area contributed by atoms with Crippen LogP contribution in [0.5, 0.6) is 0 Å². The molecule has 0 aliphatic heterocycles. The zero-order valence-electron chi connectivity index (χ0n) is 19.5. The maximum atomic E-state index is 13.1. The molecule has 2 unspecified atom stereocenters. The average Bonchev–Trinajstić information content (AvgIpc) is 3.19. The van der Waals surface area contributed by atoms with Gasteiger partial charge in [-0.25, -0.2) is 4.79 Å². The average molecular weight is 474 g/mol. The number of hydrogen-bond donors (Lipinski definition) is 2. The monoisotopic (exact) mass is 473 g/mol. The number of pyridine rings is 1. The van der Waals surface area contributed by atoms with E-state index in [0.29, 0.717) is 0 Å². The number of aliphatic carboxylic acids is 1. The molecule has 180 valence electrons. The van der Waals surface area contributed by atoms with Crippen LogP contribution >= 0.6 is 0 Å². The summed E-state index contributed by atoms with van der Waals surface area (Å²) in [7, 11) is 1.57. The van der Waals surface area contributed by atoms with Crippen molar-refractivity contribution in [1.82, 2.24) is 15.2 Å². The third-order valence-electron chi connectivity index (χ3n) is 6.43. The number of fused-ring (bicyclic) bond motifs is 3. The number of nitrogens with one attached hydrogen (secondary N) is 1. The van der Waals surface area contributed by atoms with Crippen LogP contribution in [0, 0.1) is 0 Å². The molecule has 3 aromatic rings. The second kappa shape index (κ2) is 10.4. The lowest BCUT2D eigenvalue weighted by Crippen LogP contribution is -2.49. The number of aromatic nitrogens is 1. The van der Waals surface area contributed by atoms with Crippen molar-refractivity contribution in [2.75, 3.05) is 13.7 Å². The van der Waals surface area contributed by atoms with Crippen LogP contribution in [0.3, 0.4) is 0 Å². The number of likely N-dealkylation sites (N-methyl/N-ethyl adjacent to an activating group) is 1. The van der Waals surface area contributed by atoms with Gasteiger partial charge in [0.05, 0.1) is 12.5 Å². The molecule has 0 spiro atoms. The number of nitrogens with zero attached hydrogens (tertiary/aromatic N) is 2. The highest BCUT2D eigenvalue weighted by Gasteiger charge is 2.32. The minimum absolute atomic E-state index is 0.0666. The first-order valence-electron chi connectivity index (χ1n) is 11.4. The molecule has 1 aliphatic rings. The van der Waals surface area contributed by atoms with E-state index in [2.05, 4.69) is 10.3 Å². The van der Waals surface area contributed by atoms with E-state index in [0.717, 1.165) is 27.8 Å². The van der Waals surface area contributed by atoms with E-state index in [1.165, 1.54) is 4.90 Å². The van der Waals surface area contributed by atoms with Gasteiger partial charge in [0.15, 0.2) is 0 Å². The molecule has 1 aromatic heterocycles. The standard InChI is InChI=1S/C27H27N3O5/c1-17(18-11-13-28-14-12-18)30(2)26(33)24(15-25(31)32)29-27(34)35-16-23-21-9-5-3-7-19(21)20-8-4-6-10-22(20)23/h3-14,17,23-24H,15-16H2,1-2H3,(H,29,34)(H,31,32). The first kappa shape index (κ1) is 23.9. The lowest BCUT2D eigenvalue weighted by atomic mass is 9.98. The Bertz CT molecular complexity index is 1180. The van der Waals surface area contributed by atoms with Crippen LogP contribution in [0.25, 0.3) is 11.1 Å². The fourth-order valence-corrected chi connectivity index (χ4v) is 4.46. The lowest BCUT2D eigenvalue weighted by Gasteiger charge is -2.29. The van der Waals surface area contributed by atoms with Gasteiger partial charge in [-0.3, -0.25) is 14.6 Å². The van der Waals surface area contributed by atoms with Gasteiger partial charge in [-0.15, -0.1) is 0 Å². The normalized spacial score (nSPS) is 13.8. The largest absolute Gasteiger partial charge is 0.481 e. The SMILES string of the molecule is CC(c1ccncc1)N(C)C(=O)C(CC(=O)O)NC(=O)OCC1c2ccccc2-c2ccccc21. The molecule has 1 aliphatic carbocycles. The smallest absolute Gasteiger partial charge is 0.407 e. The second-order valence-electron chi connectivity index (χ2n) is 8.53. The summed E-state index contributed by atoms with van der Waals surface area (Å²) < 4.78 is 5.50. The molecule has 0 saturated heterocycles. The summed E-state index contributed by atoms with van der Waals surface area (Å²) in [5.74, 6) is -1.87. The predicted octanol–water partition coefficient (Wildman–Crippen LogP) is 3.98. The van der Waals surface area contributed by atoms with Gasteiger partial charge in [0, 0.05) is 25.4 Å². The Labute approximate surface area is 203 Å². The number of carboxylic acids is 1. The summed E-state index contributed by atoms with van der Waals surface area (Å²) in [4.78, 5) is 42.6. The van der Waals surface area contributed by atoms with Crippen molar-refractivity contribution in [3.63, 3.8) is 0 Å². The van der Waals surface area contributed by atoms with E-state index in [9.17, 15) is 19.5 Å². The number of alkyl carbamates (subject to hydrolysis) is 1. The highest BCUT2D eigenvalue weighted by Crippen LogP contribution is 2.44. The van der Waals surface area contributed by atoms with Crippen molar-refractivity contribution < 1.29 is 24.2 Å². The number of ether oxygens (including phenoxy) is 1. The molecule has 2 aromatic carbocycles. The van der Waals surface area contributed by atoms with Crippen LogP contribution in [-0.4, -0.2) is 52.7 Å². The topological polar surface area (TPSA) is 109 Å². The Morgan fingerprint density at radius 3 is 2.14 bits per heavy atom. The predicted molar refractivity (Wildman–Crippen MR) is 130 cm³/mol. The summed E-state index contributed by atoms with van der Waals surface area (Å²) in [5, 5.41) is 11.8. The van der Waals surface area contributed by atoms with Crippen LogP contribution in [-0.2, 0) is 14.3 Å². The molecule has 0 radical (unpaired) electrons. The van der Waals surface area contributed by atoms with Crippen molar-refractivity contribution in [2.45, 2.75) is 31.3 Å². The van der Waals surface area contributed by atoms with Gasteiger partial charge >= 0.3 is 12.1 Å². The van der Waals surface area contributed by atoms with E-state index in [-0.39, 0.29) is 18.6 Å². The summed E-state index contributed by atoms with van der Waals surface area (Å²) in [6.45, 7) is 1.88. The third-order valence-corrected chi connectivity index (χ3v) is 6.43. The minimum atomic E-state index is -1.27. The zero-order valence-corrected chi connectivity index (χ0v) is 19.5.